The molecule has 1 nitrogen and oxygen atoms in total. The Bertz CT molecular complexity index is 217. The first-order valence-corrected chi connectivity index (χ1v) is 7.84. The number of hydrogen-bond donors (Lipinski definition) is 1. The van der Waals surface area contributed by atoms with E-state index in [0.29, 0.717) is 12.8 Å². The van der Waals surface area contributed by atoms with Gasteiger partial charge in [-0.05, 0) is 12.8 Å². The zero-order valence-corrected chi connectivity index (χ0v) is 14.9. The van der Waals surface area contributed by atoms with Gasteiger partial charge in [0.1, 0.15) is 11.0 Å². The number of alkyl halides is 6. The van der Waals surface area contributed by atoms with E-state index < -0.39 is 11.0 Å². The van der Waals surface area contributed by atoms with E-state index in [-0.39, 0.29) is 5.38 Å². The van der Waals surface area contributed by atoms with Crippen LogP contribution in [0.1, 0.15) is 12.8 Å². The maximum Gasteiger partial charge on any atom is 0.146 e. The van der Waals surface area contributed by atoms with E-state index in [1.165, 1.54) is 0 Å². The highest BCUT2D eigenvalue weighted by Gasteiger charge is 2.63. The molecule has 2 atom stereocenters. The Morgan fingerprint density at radius 1 is 1.15 bits per heavy atom. The van der Waals surface area contributed by atoms with Crippen LogP contribution in [0.25, 0.3) is 0 Å². The Kier molecular flexibility index (Phi) is 4.38. The molecule has 0 bridgehead atoms. The quantitative estimate of drug-likeness (QED) is 0.461. The van der Waals surface area contributed by atoms with Crippen LogP contribution >= 0.6 is 91.3 Å². The molecule has 2 unspecified atom stereocenters. The largest absolute Gasteiger partial charge is 0.376 e. The molecule has 0 aromatic carbocycles. The highest BCUT2D eigenvalue weighted by molar-refractivity contribution is 9.31. The zero-order valence-electron chi connectivity index (χ0n) is 6.21. The summed E-state index contributed by atoms with van der Waals surface area (Å²) in [4.78, 5) is 0. The fourth-order valence-electron chi connectivity index (χ4n) is 1.11. The maximum absolute atomic E-state index is 10.1. The Morgan fingerprint density at radius 3 is 2.00 bits per heavy atom. The van der Waals surface area contributed by atoms with Crippen molar-refractivity contribution < 1.29 is 5.11 Å². The molecule has 13 heavy (non-hydrogen) atoms. The van der Waals surface area contributed by atoms with Crippen LogP contribution in [-0.2, 0) is 0 Å². The van der Waals surface area contributed by atoms with E-state index in [2.05, 4.69) is 79.6 Å². The van der Waals surface area contributed by atoms with E-state index in [9.17, 15) is 5.11 Å². The van der Waals surface area contributed by atoms with E-state index >= 15 is 0 Å². The summed E-state index contributed by atoms with van der Waals surface area (Å²) >= 11 is 23.1. The summed E-state index contributed by atoms with van der Waals surface area (Å²) in [5, 5.41) is 9.94. The SMILES string of the molecule is OC1(Br)CCC(Cl)C(Br)(Br)C1(Br)Br. The van der Waals surface area contributed by atoms with Gasteiger partial charge in [0.2, 0.25) is 0 Å². The minimum atomic E-state index is -1.04. The number of halogens is 6. The number of aliphatic hydroxyl groups is 1. The minimum Gasteiger partial charge on any atom is -0.376 e. The van der Waals surface area contributed by atoms with Gasteiger partial charge >= 0.3 is 0 Å². The number of hydrogen-bond acceptors (Lipinski definition) is 1. The Morgan fingerprint density at radius 2 is 1.62 bits per heavy atom. The molecule has 1 saturated carbocycles. The monoisotopic (exact) mass is 524 g/mol. The van der Waals surface area contributed by atoms with Gasteiger partial charge in [-0.3, -0.25) is 0 Å². The third kappa shape index (κ3) is 2.20. The highest BCUT2D eigenvalue weighted by Crippen LogP contribution is 2.63. The molecular formula is C6H6Br5ClO. The summed E-state index contributed by atoms with van der Waals surface area (Å²) in [7, 11) is 0. The van der Waals surface area contributed by atoms with E-state index in [1.807, 2.05) is 0 Å². The second-order valence-corrected chi connectivity index (χ2v) is 11.8. The first-order valence-electron chi connectivity index (χ1n) is 3.44. The highest BCUT2D eigenvalue weighted by atomic mass is 79.9. The van der Waals surface area contributed by atoms with Crippen LogP contribution in [-0.4, -0.2) is 21.5 Å². The van der Waals surface area contributed by atoms with Gasteiger partial charge in [-0.1, -0.05) is 79.6 Å². The second kappa shape index (κ2) is 4.15. The molecule has 0 spiro atoms. The summed E-state index contributed by atoms with van der Waals surface area (Å²) in [5.41, 5.74) is 0. The normalized spacial score (nSPS) is 43.2. The molecule has 7 heteroatoms. The molecule has 0 amide bonds. The summed E-state index contributed by atoms with van der Waals surface area (Å²) in [6, 6.07) is 0. The van der Waals surface area contributed by atoms with Crippen LogP contribution < -0.4 is 0 Å². The predicted octanol–water partition coefficient (Wildman–Crippen LogP) is 4.44. The minimum absolute atomic E-state index is 0.121. The predicted molar refractivity (Wildman–Crippen MR) is 73.9 cm³/mol. The Balaban J connectivity index is 3.07. The van der Waals surface area contributed by atoms with Crippen molar-refractivity contribution in [3.63, 3.8) is 0 Å². The van der Waals surface area contributed by atoms with Crippen molar-refractivity contribution in [3.05, 3.63) is 0 Å². The van der Waals surface area contributed by atoms with Crippen LogP contribution in [0.2, 0.25) is 0 Å². The maximum atomic E-state index is 10.1. The third-order valence-corrected chi connectivity index (χ3v) is 12.1. The average molecular weight is 529 g/mol. The van der Waals surface area contributed by atoms with Gasteiger partial charge in [-0.2, -0.15) is 0 Å². The topological polar surface area (TPSA) is 20.2 Å². The van der Waals surface area contributed by atoms with Gasteiger partial charge in [0.05, 0.1) is 5.38 Å². The van der Waals surface area contributed by atoms with Crippen LogP contribution in [0, 0.1) is 0 Å². The van der Waals surface area contributed by atoms with Crippen molar-refractivity contribution in [2.75, 3.05) is 0 Å². The Hall–Kier alpha value is 2.65. The van der Waals surface area contributed by atoms with Crippen LogP contribution in [0.3, 0.4) is 0 Å². The molecule has 0 aliphatic heterocycles. The smallest absolute Gasteiger partial charge is 0.146 e. The molecule has 1 N–H and O–H groups in total. The lowest BCUT2D eigenvalue weighted by Gasteiger charge is -2.49. The second-order valence-electron chi connectivity index (χ2n) is 2.96. The van der Waals surface area contributed by atoms with Crippen molar-refractivity contribution in [2.24, 2.45) is 0 Å². The van der Waals surface area contributed by atoms with Crippen LogP contribution in [0.4, 0.5) is 0 Å². The van der Waals surface area contributed by atoms with E-state index in [1.54, 1.807) is 0 Å². The van der Waals surface area contributed by atoms with Gasteiger partial charge in [-0.25, -0.2) is 0 Å². The Labute approximate surface area is 124 Å². The van der Waals surface area contributed by atoms with Crippen LogP contribution in [0.5, 0.6) is 0 Å². The first-order chi connectivity index (χ1) is 5.63. The lowest BCUT2D eigenvalue weighted by molar-refractivity contribution is 0.103. The average Bonchev–Trinajstić information content (AvgIpc) is 1.97. The summed E-state index contributed by atoms with van der Waals surface area (Å²) in [5.74, 6) is 0. The fourth-order valence-corrected chi connectivity index (χ4v) is 4.78. The molecule has 0 aromatic rings. The standard InChI is InChI=1S/C6H6Br5ClO/c7-4(13)2-1-3(12)5(8,9)6(4,10)11/h3,13H,1-2H2. The van der Waals surface area contributed by atoms with E-state index in [0.717, 1.165) is 0 Å². The molecule has 0 radical (unpaired) electrons. The van der Waals surface area contributed by atoms with Crippen molar-refractivity contribution in [1.29, 1.82) is 0 Å². The van der Waals surface area contributed by atoms with Crippen molar-refractivity contribution >= 4 is 91.3 Å². The van der Waals surface area contributed by atoms with Gasteiger partial charge < -0.3 is 5.11 Å². The summed E-state index contributed by atoms with van der Waals surface area (Å²) in [6.07, 6.45) is 1.27. The summed E-state index contributed by atoms with van der Waals surface area (Å²) < 4.78 is -2.41. The lowest BCUT2D eigenvalue weighted by Crippen LogP contribution is -2.59. The third-order valence-electron chi connectivity index (χ3n) is 2.02. The van der Waals surface area contributed by atoms with E-state index in [4.69, 9.17) is 11.6 Å². The molecule has 0 heterocycles. The molecular weight excluding hydrogens is 523 g/mol. The molecule has 1 fully saturated rings. The van der Waals surface area contributed by atoms with Gasteiger partial charge in [0.25, 0.3) is 0 Å². The molecule has 1 rings (SSSR count). The molecule has 0 saturated heterocycles. The molecule has 1 aliphatic rings. The molecule has 0 aromatic heterocycles. The van der Waals surface area contributed by atoms with Gasteiger partial charge in [-0.15, -0.1) is 11.6 Å². The van der Waals surface area contributed by atoms with Crippen molar-refractivity contribution in [3.8, 4) is 0 Å². The van der Waals surface area contributed by atoms with Gasteiger partial charge in [0.15, 0.2) is 0 Å². The summed E-state index contributed by atoms with van der Waals surface area (Å²) in [6.45, 7) is 0. The van der Waals surface area contributed by atoms with Crippen LogP contribution in [0.15, 0.2) is 0 Å². The van der Waals surface area contributed by atoms with Crippen molar-refractivity contribution in [2.45, 2.75) is 29.2 Å². The number of rotatable bonds is 0. The lowest BCUT2D eigenvalue weighted by atomic mass is 9.96. The van der Waals surface area contributed by atoms with Gasteiger partial charge in [0, 0.05) is 0 Å². The molecule has 1 aliphatic carbocycles. The zero-order chi connectivity index (χ0) is 10.5. The fraction of sp³-hybridized carbons (Fsp3) is 1.00. The molecule has 78 valence electrons. The first kappa shape index (κ1) is 13.7. The van der Waals surface area contributed by atoms with Crippen molar-refractivity contribution in [1.82, 2.24) is 0 Å².